The molecule has 1 aliphatic heterocycles. The number of nitrogens with zero attached hydrogens (tertiary/aromatic N) is 1. The van der Waals surface area contributed by atoms with Crippen molar-refractivity contribution in [2.24, 2.45) is 0 Å². The van der Waals surface area contributed by atoms with Gasteiger partial charge in [-0.15, -0.1) is 0 Å². The van der Waals surface area contributed by atoms with Crippen LogP contribution in [0.25, 0.3) is 6.08 Å². The summed E-state index contributed by atoms with van der Waals surface area (Å²) in [6.07, 6.45) is -0.845. The number of hydrogen-bond acceptors (Lipinski definition) is 4. The number of benzene rings is 2. The lowest BCUT2D eigenvalue weighted by Crippen LogP contribution is -2.29. The average Bonchev–Trinajstić information content (AvgIpc) is 3.02. The summed E-state index contributed by atoms with van der Waals surface area (Å²) in [5, 5.41) is 2.34. The fourth-order valence-electron chi connectivity index (χ4n) is 3.29. The molecule has 1 aliphatic rings. The molecule has 0 bridgehead atoms. The van der Waals surface area contributed by atoms with Gasteiger partial charge < -0.3 is 5.32 Å². The van der Waals surface area contributed by atoms with Gasteiger partial charge in [0.1, 0.15) is 4.32 Å². The second kappa shape index (κ2) is 11.0. The van der Waals surface area contributed by atoms with Crippen LogP contribution >= 0.6 is 24.0 Å². The molecule has 0 unspecified atom stereocenters. The molecule has 2 amide bonds. The minimum Gasteiger partial charge on any atom is -0.326 e. The number of alkyl halides is 3. The van der Waals surface area contributed by atoms with Crippen LogP contribution in [0.3, 0.4) is 0 Å². The van der Waals surface area contributed by atoms with E-state index in [0.29, 0.717) is 35.0 Å². The van der Waals surface area contributed by atoms with Crippen molar-refractivity contribution in [2.45, 2.75) is 38.8 Å². The van der Waals surface area contributed by atoms with Crippen LogP contribution < -0.4 is 5.32 Å². The van der Waals surface area contributed by atoms with E-state index in [9.17, 15) is 22.8 Å². The Bertz CT molecular complexity index is 1070. The molecule has 174 valence electrons. The third-order valence-electron chi connectivity index (χ3n) is 5.04. The molecule has 9 heteroatoms. The maximum Gasteiger partial charge on any atom is 0.418 e. The van der Waals surface area contributed by atoms with Gasteiger partial charge >= 0.3 is 6.18 Å². The van der Waals surface area contributed by atoms with E-state index < -0.39 is 17.6 Å². The highest BCUT2D eigenvalue weighted by molar-refractivity contribution is 8.26. The van der Waals surface area contributed by atoms with E-state index in [1.54, 1.807) is 4.90 Å². The summed E-state index contributed by atoms with van der Waals surface area (Å²) in [6.45, 7) is 2.43. The molecule has 2 aromatic rings. The fourth-order valence-corrected chi connectivity index (χ4v) is 4.60. The van der Waals surface area contributed by atoms with Crippen molar-refractivity contribution in [3.8, 4) is 0 Å². The highest BCUT2D eigenvalue weighted by Gasteiger charge is 2.33. The zero-order valence-electron chi connectivity index (χ0n) is 17.9. The number of anilines is 1. The first-order chi connectivity index (χ1) is 15.6. The van der Waals surface area contributed by atoms with Gasteiger partial charge in [-0.05, 0) is 43.5 Å². The summed E-state index contributed by atoms with van der Waals surface area (Å²) in [5.41, 5.74) is 0.955. The maximum atomic E-state index is 13.0. The average molecular weight is 493 g/mol. The Morgan fingerprint density at radius 1 is 1.09 bits per heavy atom. The SMILES string of the molecule is Cc1ccc(/C=C2\SC(=S)N(CCCCCC(=O)Nc3ccccc3C(F)(F)F)C2=O)cc1. The van der Waals surface area contributed by atoms with Crippen molar-refractivity contribution in [2.75, 3.05) is 11.9 Å². The second-order valence-corrected chi connectivity index (χ2v) is 9.32. The molecule has 3 rings (SSSR count). The zero-order valence-corrected chi connectivity index (χ0v) is 19.6. The lowest BCUT2D eigenvalue weighted by atomic mass is 10.1. The van der Waals surface area contributed by atoms with Crippen molar-refractivity contribution in [1.29, 1.82) is 0 Å². The molecule has 0 saturated carbocycles. The van der Waals surface area contributed by atoms with E-state index in [-0.39, 0.29) is 18.0 Å². The predicted octanol–water partition coefficient (Wildman–Crippen LogP) is 6.41. The number of unbranched alkanes of at least 4 members (excludes halogenated alkanes) is 2. The number of para-hydroxylation sites is 1. The Labute approximate surface area is 200 Å². The number of rotatable bonds is 8. The minimum atomic E-state index is -4.53. The molecule has 0 aromatic heterocycles. The van der Waals surface area contributed by atoms with Crippen LogP contribution in [0.1, 0.15) is 42.4 Å². The van der Waals surface area contributed by atoms with Crippen LogP contribution in [0.4, 0.5) is 18.9 Å². The summed E-state index contributed by atoms with van der Waals surface area (Å²) in [4.78, 5) is 26.9. The molecule has 0 atom stereocenters. The number of hydrogen-bond donors (Lipinski definition) is 1. The van der Waals surface area contributed by atoms with Crippen LogP contribution in [-0.4, -0.2) is 27.6 Å². The molecule has 1 heterocycles. The molecule has 1 saturated heterocycles. The van der Waals surface area contributed by atoms with Crippen LogP contribution in [0.2, 0.25) is 0 Å². The van der Waals surface area contributed by atoms with Gasteiger partial charge in [0.25, 0.3) is 5.91 Å². The molecule has 4 nitrogen and oxygen atoms in total. The lowest BCUT2D eigenvalue weighted by Gasteiger charge is -2.14. The first kappa shape index (κ1) is 25.0. The Morgan fingerprint density at radius 3 is 2.48 bits per heavy atom. The third-order valence-corrected chi connectivity index (χ3v) is 6.42. The van der Waals surface area contributed by atoms with Crippen LogP contribution in [0.15, 0.2) is 53.4 Å². The van der Waals surface area contributed by atoms with E-state index in [1.807, 2.05) is 37.3 Å². The van der Waals surface area contributed by atoms with Gasteiger partial charge in [-0.2, -0.15) is 13.2 Å². The van der Waals surface area contributed by atoms with Crippen molar-refractivity contribution in [1.82, 2.24) is 4.90 Å². The Hall–Kier alpha value is -2.65. The summed E-state index contributed by atoms with van der Waals surface area (Å²) in [5.74, 6) is -0.606. The number of halogens is 3. The standard InChI is InChI=1S/C24H23F3N2O2S2/c1-16-10-12-17(13-11-16)15-20-22(31)29(23(32)33-20)14-6-2-3-9-21(30)28-19-8-5-4-7-18(19)24(25,26)27/h4-5,7-8,10-13,15H,2-3,6,9,14H2,1H3,(H,28,30)/b20-15-. The monoisotopic (exact) mass is 492 g/mol. The van der Waals surface area contributed by atoms with Gasteiger partial charge in [0.15, 0.2) is 0 Å². The topological polar surface area (TPSA) is 49.4 Å². The first-order valence-electron chi connectivity index (χ1n) is 10.4. The number of thioether (sulfide) groups is 1. The van der Waals surface area contributed by atoms with Crippen molar-refractivity contribution in [3.05, 3.63) is 70.1 Å². The molecule has 33 heavy (non-hydrogen) atoms. The van der Waals surface area contributed by atoms with E-state index in [4.69, 9.17) is 12.2 Å². The van der Waals surface area contributed by atoms with Gasteiger partial charge in [0.2, 0.25) is 5.91 Å². The highest BCUT2D eigenvalue weighted by Crippen LogP contribution is 2.35. The first-order valence-corrected chi connectivity index (χ1v) is 11.7. The van der Waals surface area contributed by atoms with Gasteiger partial charge in [-0.1, -0.05) is 72.4 Å². The zero-order chi connectivity index (χ0) is 24.0. The number of nitrogens with one attached hydrogen (secondary N) is 1. The molecular formula is C24H23F3N2O2S2. The van der Waals surface area contributed by atoms with Gasteiger partial charge in [-0.3, -0.25) is 14.5 Å². The van der Waals surface area contributed by atoms with E-state index >= 15 is 0 Å². The van der Waals surface area contributed by atoms with E-state index in [1.165, 1.54) is 30.0 Å². The largest absolute Gasteiger partial charge is 0.418 e. The molecule has 1 N–H and O–H groups in total. The lowest BCUT2D eigenvalue weighted by molar-refractivity contribution is -0.137. The molecular weight excluding hydrogens is 469 g/mol. The number of carbonyl (C=O) groups excluding carboxylic acids is 2. The summed E-state index contributed by atoms with van der Waals surface area (Å²) in [7, 11) is 0. The predicted molar refractivity (Wildman–Crippen MR) is 130 cm³/mol. The third kappa shape index (κ3) is 6.91. The van der Waals surface area contributed by atoms with Gasteiger partial charge in [-0.25, -0.2) is 0 Å². The number of carbonyl (C=O) groups is 2. The Balaban J connectivity index is 1.44. The summed E-state index contributed by atoms with van der Waals surface area (Å²) < 4.78 is 39.6. The summed E-state index contributed by atoms with van der Waals surface area (Å²) in [6, 6.07) is 12.7. The van der Waals surface area contributed by atoms with Crippen LogP contribution in [-0.2, 0) is 15.8 Å². The van der Waals surface area contributed by atoms with Crippen molar-refractivity contribution < 1.29 is 22.8 Å². The number of aryl methyl sites for hydroxylation is 1. The minimum absolute atomic E-state index is 0.0951. The van der Waals surface area contributed by atoms with Crippen LogP contribution in [0, 0.1) is 6.92 Å². The van der Waals surface area contributed by atoms with E-state index in [2.05, 4.69) is 5.32 Å². The normalized spacial score (nSPS) is 15.4. The quantitative estimate of drug-likeness (QED) is 0.263. The van der Waals surface area contributed by atoms with Crippen molar-refractivity contribution >= 4 is 51.9 Å². The fraction of sp³-hybridized carbons (Fsp3) is 0.292. The molecule has 2 aromatic carbocycles. The van der Waals surface area contributed by atoms with Gasteiger partial charge in [0, 0.05) is 13.0 Å². The number of amides is 2. The molecule has 0 radical (unpaired) electrons. The Kier molecular flexibility index (Phi) is 8.31. The van der Waals surface area contributed by atoms with Crippen LogP contribution in [0.5, 0.6) is 0 Å². The number of thiocarbonyl (C=S) groups is 1. The molecule has 1 fully saturated rings. The second-order valence-electron chi connectivity index (χ2n) is 7.65. The smallest absolute Gasteiger partial charge is 0.326 e. The molecule has 0 spiro atoms. The Morgan fingerprint density at radius 2 is 1.79 bits per heavy atom. The maximum absolute atomic E-state index is 13.0. The summed E-state index contributed by atoms with van der Waals surface area (Å²) >= 11 is 6.60. The highest BCUT2D eigenvalue weighted by atomic mass is 32.2. The van der Waals surface area contributed by atoms with Gasteiger partial charge in [0.05, 0.1) is 16.2 Å². The molecule has 0 aliphatic carbocycles. The van der Waals surface area contributed by atoms with E-state index in [0.717, 1.165) is 17.2 Å². The van der Waals surface area contributed by atoms with Crippen molar-refractivity contribution in [3.63, 3.8) is 0 Å².